The van der Waals surface area contributed by atoms with Gasteiger partial charge in [0.1, 0.15) is 0 Å². The Bertz CT molecular complexity index is 299. The number of aliphatic carboxylic acids is 1. The zero-order valence-electron chi connectivity index (χ0n) is 9.85. The number of carbonyl (C=O) groups is 2. The normalized spacial score (nSPS) is 29.4. The van der Waals surface area contributed by atoms with E-state index in [1.165, 1.54) is 0 Å². The Morgan fingerprint density at radius 1 is 1.18 bits per heavy atom. The SMILES string of the molecule is O=C(NCC1CCC(C(=O)O)O1)C1CCCC1. The van der Waals surface area contributed by atoms with Gasteiger partial charge < -0.3 is 15.2 Å². The maximum Gasteiger partial charge on any atom is 0.332 e. The second kappa shape index (κ2) is 5.49. The molecule has 2 N–H and O–H groups in total. The van der Waals surface area contributed by atoms with Crippen molar-refractivity contribution in [2.45, 2.75) is 50.7 Å². The zero-order chi connectivity index (χ0) is 12.3. The van der Waals surface area contributed by atoms with Crippen LogP contribution in [0.5, 0.6) is 0 Å². The molecule has 2 fully saturated rings. The highest BCUT2D eigenvalue weighted by atomic mass is 16.5. The van der Waals surface area contributed by atoms with Crippen molar-refractivity contribution < 1.29 is 19.4 Å². The molecular formula is C12H19NO4. The van der Waals surface area contributed by atoms with Gasteiger partial charge in [0.2, 0.25) is 5.91 Å². The van der Waals surface area contributed by atoms with E-state index < -0.39 is 12.1 Å². The van der Waals surface area contributed by atoms with Crippen LogP contribution < -0.4 is 5.32 Å². The summed E-state index contributed by atoms with van der Waals surface area (Å²) in [5, 5.41) is 11.6. The standard InChI is InChI=1S/C12H19NO4/c14-11(8-3-1-2-4-8)13-7-9-5-6-10(17-9)12(15)16/h8-10H,1-7H2,(H,13,14)(H,15,16). The van der Waals surface area contributed by atoms with E-state index in [2.05, 4.69) is 5.32 Å². The second-order valence-electron chi connectivity index (χ2n) is 4.89. The molecule has 0 spiro atoms. The first-order valence-electron chi connectivity index (χ1n) is 6.33. The minimum atomic E-state index is -0.908. The van der Waals surface area contributed by atoms with E-state index in [0.717, 1.165) is 25.7 Å². The Morgan fingerprint density at radius 2 is 1.88 bits per heavy atom. The summed E-state index contributed by atoms with van der Waals surface area (Å²) in [5.74, 6) is -0.647. The molecule has 0 radical (unpaired) electrons. The molecule has 0 aromatic rings. The molecule has 0 aromatic heterocycles. The minimum absolute atomic E-state index is 0.102. The van der Waals surface area contributed by atoms with Gasteiger partial charge in [0.15, 0.2) is 6.10 Å². The topological polar surface area (TPSA) is 75.6 Å². The molecule has 5 nitrogen and oxygen atoms in total. The number of amides is 1. The molecule has 0 aromatic carbocycles. The predicted octanol–water partition coefficient (Wildman–Crippen LogP) is 0.925. The maximum atomic E-state index is 11.7. The number of hydrogen-bond donors (Lipinski definition) is 2. The molecule has 1 aliphatic carbocycles. The van der Waals surface area contributed by atoms with E-state index in [1.54, 1.807) is 0 Å². The monoisotopic (exact) mass is 241 g/mol. The van der Waals surface area contributed by atoms with Gasteiger partial charge in [-0.25, -0.2) is 4.79 Å². The van der Waals surface area contributed by atoms with E-state index in [0.29, 0.717) is 19.4 Å². The lowest BCUT2D eigenvalue weighted by Gasteiger charge is -2.14. The Labute approximate surface area is 101 Å². The average molecular weight is 241 g/mol. The summed E-state index contributed by atoms with van der Waals surface area (Å²) < 4.78 is 5.32. The molecule has 5 heteroatoms. The Hall–Kier alpha value is -1.10. The first kappa shape index (κ1) is 12.4. The van der Waals surface area contributed by atoms with Gasteiger partial charge >= 0.3 is 5.97 Å². The van der Waals surface area contributed by atoms with Crippen LogP contribution in [0.3, 0.4) is 0 Å². The van der Waals surface area contributed by atoms with Crippen molar-refractivity contribution in [2.75, 3.05) is 6.54 Å². The van der Waals surface area contributed by atoms with Crippen molar-refractivity contribution in [3.8, 4) is 0 Å². The van der Waals surface area contributed by atoms with Crippen LogP contribution in [0.1, 0.15) is 38.5 Å². The third-order valence-corrected chi connectivity index (χ3v) is 3.61. The molecule has 2 atom stereocenters. The fourth-order valence-corrected chi connectivity index (χ4v) is 2.58. The fraction of sp³-hybridized carbons (Fsp3) is 0.833. The van der Waals surface area contributed by atoms with E-state index in [1.807, 2.05) is 0 Å². The number of carboxylic acids is 1. The number of carbonyl (C=O) groups excluding carboxylic acids is 1. The van der Waals surface area contributed by atoms with Crippen LogP contribution in [0, 0.1) is 5.92 Å². The molecule has 1 saturated heterocycles. The Kier molecular flexibility index (Phi) is 3.99. The lowest BCUT2D eigenvalue weighted by atomic mass is 10.1. The first-order chi connectivity index (χ1) is 8.16. The Balaban J connectivity index is 1.68. The van der Waals surface area contributed by atoms with E-state index >= 15 is 0 Å². The number of hydrogen-bond acceptors (Lipinski definition) is 3. The molecule has 1 amide bonds. The van der Waals surface area contributed by atoms with E-state index in [4.69, 9.17) is 9.84 Å². The zero-order valence-corrected chi connectivity index (χ0v) is 9.85. The van der Waals surface area contributed by atoms with Crippen molar-refractivity contribution in [2.24, 2.45) is 5.92 Å². The number of nitrogens with one attached hydrogen (secondary N) is 1. The minimum Gasteiger partial charge on any atom is -0.479 e. The molecule has 1 aliphatic heterocycles. The molecule has 2 aliphatic rings. The van der Waals surface area contributed by atoms with Crippen LogP contribution >= 0.6 is 0 Å². The van der Waals surface area contributed by atoms with Crippen LogP contribution in [0.4, 0.5) is 0 Å². The van der Waals surface area contributed by atoms with Crippen molar-refractivity contribution in [1.82, 2.24) is 5.32 Å². The third-order valence-electron chi connectivity index (χ3n) is 3.61. The number of ether oxygens (including phenoxy) is 1. The number of carboxylic acid groups (broad SMARTS) is 1. The molecule has 1 heterocycles. The number of rotatable bonds is 4. The van der Waals surface area contributed by atoms with Gasteiger partial charge in [-0.05, 0) is 25.7 Å². The summed E-state index contributed by atoms with van der Waals surface area (Å²) >= 11 is 0. The maximum absolute atomic E-state index is 11.7. The second-order valence-corrected chi connectivity index (χ2v) is 4.89. The third kappa shape index (κ3) is 3.19. The quantitative estimate of drug-likeness (QED) is 0.767. The summed E-state index contributed by atoms with van der Waals surface area (Å²) in [6.07, 6.45) is 4.66. The van der Waals surface area contributed by atoms with Crippen molar-refractivity contribution >= 4 is 11.9 Å². The Morgan fingerprint density at radius 3 is 2.47 bits per heavy atom. The van der Waals surface area contributed by atoms with Gasteiger partial charge in [-0.1, -0.05) is 12.8 Å². The molecule has 0 bridgehead atoms. The molecule has 1 saturated carbocycles. The highest BCUT2D eigenvalue weighted by Gasteiger charge is 2.31. The summed E-state index contributed by atoms with van der Waals surface area (Å²) in [4.78, 5) is 22.4. The predicted molar refractivity (Wildman–Crippen MR) is 60.5 cm³/mol. The highest BCUT2D eigenvalue weighted by molar-refractivity contribution is 5.78. The van der Waals surface area contributed by atoms with Gasteiger partial charge in [-0.2, -0.15) is 0 Å². The van der Waals surface area contributed by atoms with Crippen LogP contribution in [-0.4, -0.2) is 35.7 Å². The first-order valence-corrected chi connectivity index (χ1v) is 6.33. The molecular weight excluding hydrogens is 222 g/mol. The molecule has 2 rings (SSSR count). The fourth-order valence-electron chi connectivity index (χ4n) is 2.58. The van der Waals surface area contributed by atoms with Gasteiger partial charge in [0.25, 0.3) is 0 Å². The molecule has 96 valence electrons. The van der Waals surface area contributed by atoms with Crippen LogP contribution in [0.15, 0.2) is 0 Å². The molecule has 17 heavy (non-hydrogen) atoms. The van der Waals surface area contributed by atoms with Crippen molar-refractivity contribution in [3.63, 3.8) is 0 Å². The summed E-state index contributed by atoms with van der Waals surface area (Å²) in [7, 11) is 0. The van der Waals surface area contributed by atoms with Crippen molar-refractivity contribution in [1.29, 1.82) is 0 Å². The van der Waals surface area contributed by atoms with Crippen LogP contribution in [-0.2, 0) is 14.3 Å². The van der Waals surface area contributed by atoms with Gasteiger partial charge in [-0.3, -0.25) is 4.79 Å². The summed E-state index contributed by atoms with van der Waals surface area (Å²) in [6, 6.07) is 0. The highest BCUT2D eigenvalue weighted by Crippen LogP contribution is 2.25. The summed E-state index contributed by atoms with van der Waals surface area (Å²) in [6.45, 7) is 0.444. The van der Waals surface area contributed by atoms with Crippen molar-refractivity contribution in [3.05, 3.63) is 0 Å². The van der Waals surface area contributed by atoms with Gasteiger partial charge in [-0.15, -0.1) is 0 Å². The van der Waals surface area contributed by atoms with Crippen LogP contribution in [0.25, 0.3) is 0 Å². The lowest BCUT2D eigenvalue weighted by molar-refractivity contribution is -0.149. The van der Waals surface area contributed by atoms with E-state index in [9.17, 15) is 9.59 Å². The van der Waals surface area contributed by atoms with Gasteiger partial charge in [0.05, 0.1) is 6.10 Å². The smallest absolute Gasteiger partial charge is 0.332 e. The lowest BCUT2D eigenvalue weighted by Crippen LogP contribution is -2.36. The van der Waals surface area contributed by atoms with Gasteiger partial charge in [0, 0.05) is 12.5 Å². The average Bonchev–Trinajstić information content (AvgIpc) is 2.97. The summed E-state index contributed by atoms with van der Waals surface area (Å²) in [5.41, 5.74) is 0. The molecule has 2 unspecified atom stereocenters. The largest absolute Gasteiger partial charge is 0.479 e. The van der Waals surface area contributed by atoms with E-state index in [-0.39, 0.29) is 17.9 Å². The van der Waals surface area contributed by atoms with Crippen LogP contribution in [0.2, 0.25) is 0 Å².